The molecule has 1 aliphatic heterocycles. The Morgan fingerprint density at radius 2 is 2.15 bits per heavy atom. The van der Waals surface area contributed by atoms with Crippen molar-refractivity contribution in [3.05, 3.63) is 0 Å². The molecule has 1 fully saturated rings. The third-order valence-corrected chi connectivity index (χ3v) is 4.07. The van der Waals surface area contributed by atoms with Gasteiger partial charge in [0.1, 0.15) is 0 Å². The fourth-order valence-electron chi connectivity index (χ4n) is 1.71. The van der Waals surface area contributed by atoms with Crippen LogP contribution >= 0.6 is 11.8 Å². The van der Waals surface area contributed by atoms with E-state index in [-0.39, 0.29) is 5.41 Å². The van der Waals surface area contributed by atoms with Crippen molar-refractivity contribution in [2.45, 2.75) is 25.9 Å². The topological polar surface area (TPSA) is 46.5 Å². The number of ether oxygens (including phenoxy) is 1. The fraction of sp³-hybridized carbons (Fsp3) is 0.889. The van der Waals surface area contributed by atoms with Gasteiger partial charge in [0, 0.05) is 18.3 Å². The third kappa shape index (κ3) is 1.57. The molecule has 0 aromatic carbocycles. The van der Waals surface area contributed by atoms with Gasteiger partial charge in [0.2, 0.25) is 0 Å². The highest BCUT2D eigenvalue weighted by molar-refractivity contribution is 7.99. The summed E-state index contributed by atoms with van der Waals surface area (Å²) < 4.78 is 5.24. The van der Waals surface area contributed by atoms with Gasteiger partial charge < -0.3 is 9.84 Å². The highest BCUT2D eigenvalue weighted by atomic mass is 32.2. The Hall–Kier alpha value is -0.220. The Morgan fingerprint density at radius 3 is 2.46 bits per heavy atom. The number of carboxylic acid groups (broad SMARTS) is 1. The standard InChI is InChI=1S/C9H16O3S/c1-8(2)4-5-13-6-9(8,12-3)7(10)11/h4-6H2,1-3H3,(H,10,11). The number of hydrogen-bond donors (Lipinski definition) is 1. The molecule has 0 radical (unpaired) electrons. The van der Waals surface area contributed by atoms with Gasteiger partial charge in [-0.2, -0.15) is 11.8 Å². The van der Waals surface area contributed by atoms with E-state index in [2.05, 4.69) is 0 Å². The van der Waals surface area contributed by atoms with Crippen molar-refractivity contribution < 1.29 is 14.6 Å². The van der Waals surface area contributed by atoms with Crippen LogP contribution in [0.25, 0.3) is 0 Å². The second-order valence-corrected chi connectivity index (χ2v) is 5.13. The minimum atomic E-state index is -1.00. The average Bonchev–Trinajstić information content (AvgIpc) is 2.03. The number of carbonyl (C=O) groups is 1. The van der Waals surface area contributed by atoms with Gasteiger partial charge in [-0.05, 0) is 12.2 Å². The third-order valence-electron chi connectivity index (χ3n) is 2.96. The maximum absolute atomic E-state index is 11.2. The maximum atomic E-state index is 11.2. The van der Waals surface area contributed by atoms with E-state index in [0.29, 0.717) is 5.75 Å². The van der Waals surface area contributed by atoms with Crippen LogP contribution < -0.4 is 0 Å². The summed E-state index contributed by atoms with van der Waals surface area (Å²) >= 11 is 1.65. The van der Waals surface area contributed by atoms with Crippen LogP contribution in [0.1, 0.15) is 20.3 Å². The smallest absolute Gasteiger partial charge is 0.337 e. The highest BCUT2D eigenvalue weighted by Crippen LogP contribution is 2.44. The first-order valence-electron chi connectivity index (χ1n) is 4.32. The first-order chi connectivity index (χ1) is 5.96. The summed E-state index contributed by atoms with van der Waals surface area (Å²) in [7, 11) is 1.49. The Labute approximate surface area is 82.8 Å². The largest absolute Gasteiger partial charge is 0.479 e. The van der Waals surface area contributed by atoms with Gasteiger partial charge >= 0.3 is 5.97 Å². The number of aliphatic carboxylic acids is 1. The van der Waals surface area contributed by atoms with E-state index in [1.165, 1.54) is 7.11 Å². The molecule has 0 aromatic rings. The van der Waals surface area contributed by atoms with E-state index >= 15 is 0 Å². The molecular formula is C9H16O3S. The molecule has 1 atom stereocenters. The monoisotopic (exact) mass is 204 g/mol. The second kappa shape index (κ2) is 3.50. The number of carboxylic acids is 1. The van der Waals surface area contributed by atoms with E-state index in [9.17, 15) is 9.90 Å². The van der Waals surface area contributed by atoms with Crippen molar-refractivity contribution in [1.82, 2.24) is 0 Å². The number of rotatable bonds is 2. The molecule has 0 saturated carbocycles. The van der Waals surface area contributed by atoms with Gasteiger partial charge in [0.25, 0.3) is 0 Å². The van der Waals surface area contributed by atoms with E-state index in [4.69, 9.17) is 4.74 Å². The SMILES string of the molecule is COC1(C(=O)O)CSCCC1(C)C. The lowest BCUT2D eigenvalue weighted by atomic mass is 9.73. The zero-order valence-electron chi connectivity index (χ0n) is 8.29. The molecule has 3 nitrogen and oxygen atoms in total. The average molecular weight is 204 g/mol. The summed E-state index contributed by atoms with van der Waals surface area (Å²) in [6, 6.07) is 0. The predicted octanol–water partition coefficient (Wildman–Crippen LogP) is 1.62. The molecule has 1 heterocycles. The Balaban J connectivity index is 2.99. The van der Waals surface area contributed by atoms with Crippen LogP contribution in [0.5, 0.6) is 0 Å². The molecule has 76 valence electrons. The van der Waals surface area contributed by atoms with Gasteiger partial charge in [0.05, 0.1) is 0 Å². The second-order valence-electron chi connectivity index (χ2n) is 4.02. The first-order valence-corrected chi connectivity index (χ1v) is 5.48. The van der Waals surface area contributed by atoms with Crippen molar-refractivity contribution in [2.75, 3.05) is 18.6 Å². The van der Waals surface area contributed by atoms with Crippen molar-refractivity contribution in [1.29, 1.82) is 0 Å². The minimum absolute atomic E-state index is 0.279. The maximum Gasteiger partial charge on any atom is 0.337 e. The molecule has 13 heavy (non-hydrogen) atoms. The molecule has 1 saturated heterocycles. The van der Waals surface area contributed by atoms with Crippen LogP contribution in [0.3, 0.4) is 0 Å². The van der Waals surface area contributed by atoms with E-state index in [0.717, 1.165) is 12.2 Å². The summed E-state index contributed by atoms with van der Waals surface area (Å²) in [5.41, 5.74) is -1.28. The molecule has 0 aliphatic carbocycles. The quantitative estimate of drug-likeness (QED) is 0.742. The fourth-order valence-corrected chi connectivity index (χ4v) is 3.43. The summed E-state index contributed by atoms with van der Waals surface area (Å²) in [5, 5.41) is 9.19. The Morgan fingerprint density at radius 1 is 1.54 bits per heavy atom. The Bertz CT molecular complexity index is 215. The Kier molecular flexibility index (Phi) is 2.92. The summed E-state index contributed by atoms with van der Waals surface area (Å²) in [4.78, 5) is 11.2. The summed E-state index contributed by atoms with van der Waals surface area (Å²) in [6.07, 6.45) is 0.887. The lowest BCUT2D eigenvalue weighted by molar-refractivity contribution is -0.175. The van der Waals surface area contributed by atoms with E-state index in [1.807, 2.05) is 13.8 Å². The molecule has 0 aromatic heterocycles. The van der Waals surface area contributed by atoms with Gasteiger partial charge in [-0.25, -0.2) is 4.79 Å². The lowest BCUT2D eigenvalue weighted by Gasteiger charge is -2.45. The lowest BCUT2D eigenvalue weighted by Crippen LogP contribution is -2.57. The van der Waals surface area contributed by atoms with Gasteiger partial charge in [-0.3, -0.25) is 0 Å². The van der Waals surface area contributed by atoms with Crippen LogP contribution in [-0.2, 0) is 9.53 Å². The minimum Gasteiger partial charge on any atom is -0.479 e. The molecule has 1 aliphatic rings. The van der Waals surface area contributed by atoms with Crippen LogP contribution in [0.2, 0.25) is 0 Å². The van der Waals surface area contributed by atoms with E-state index < -0.39 is 11.6 Å². The van der Waals surface area contributed by atoms with Crippen LogP contribution in [-0.4, -0.2) is 35.3 Å². The number of hydrogen-bond acceptors (Lipinski definition) is 3. The number of thioether (sulfide) groups is 1. The molecule has 0 spiro atoms. The van der Waals surface area contributed by atoms with E-state index in [1.54, 1.807) is 11.8 Å². The van der Waals surface area contributed by atoms with Gasteiger partial charge in [0.15, 0.2) is 5.60 Å². The zero-order valence-corrected chi connectivity index (χ0v) is 9.11. The zero-order chi connectivity index (χ0) is 10.1. The molecule has 1 rings (SSSR count). The van der Waals surface area contributed by atoms with Crippen molar-refractivity contribution in [2.24, 2.45) is 5.41 Å². The molecule has 1 N–H and O–H groups in total. The van der Waals surface area contributed by atoms with Gasteiger partial charge in [-0.15, -0.1) is 0 Å². The van der Waals surface area contributed by atoms with Crippen molar-refractivity contribution >= 4 is 17.7 Å². The van der Waals surface area contributed by atoms with Crippen LogP contribution in [0.15, 0.2) is 0 Å². The van der Waals surface area contributed by atoms with Crippen LogP contribution in [0, 0.1) is 5.41 Å². The number of methoxy groups -OCH3 is 1. The molecule has 4 heteroatoms. The molecular weight excluding hydrogens is 188 g/mol. The molecule has 0 amide bonds. The van der Waals surface area contributed by atoms with Crippen LogP contribution in [0.4, 0.5) is 0 Å². The van der Waals surface area contributed by atoms with Gasteiger partial charge in [-0.1, -0.05) is 13.8 Å². The first kappa shape index (κ1) is 10.9. The normalized spacial score (nSPS) is 32.8. The summed E-state index contributed by atoms with van der Waals surface area (Å²) in [6.45, 7) is 3.93. The van der Waals surface area contributed by atoms with Crippen molar-refractivity contribution in [3.63, 3.8) is 0 Å². The molecule has 0 bridgehead atoms. The summed E-state index contributed by atoms with van der Waals surface area (Å²) in [5.74, 6) is 0.726. The molecule has 1 unspecified atom stereocenters. The predicted molar refractivity (Wildman–Crippen MR) is 53.1 cm³/mol. The highest BCUT2D eigenvalue weighted by Gasteiger charge is 2.53. The van der Waals surface area contributed by atoms with Crippen molar-refractivity contribution in [3.8, 4) is 0 Å².